The van der Waals surface area contributed by atoms with Gasteiger partial charge in [-0.2, -0.15) is 0 Å². The van der Waals surface area contributed by atoms with Crippen molar-refractivity contribution in [3.63, 3.8) is 0 Å². The molecule has 4 nitrogen and oxygen atoms in total. The predicted molar refractivity (Wildman–Crippen MR) is 103 cm³/mol. The lowest BCUT2D eigenvalue weighted by atomic mass is 10.0. The van der Waals surface area contributed by atoms with E-state index in [-0.39, 0.29) is 18.4 Å². The van der Waals surface area contributed by atoms with Crippen molar-refractivity contribution < 1.29 is 9.59 Å². The van der Waals surface area contributed by atoms with Crippen molar-refractivity contribution in [1.29, 1.82) is 0 Å². The summed E-state index contributed by atoms with van der Waals surface area (Å²) in [5.41, 5.74) is 3.73. The van der Waals surface area contributed by atoms with E-state index in [9.17, 15) is 9.59 Å². The van der Waals surface area contributed by atoms with E-state index in [1.54, 1.807) is 0 Å². The maximum absolute atomic E-state index is 12.6. The molecule has 25 heavy (non-hydrogen) atoms. The van der Waals surface area contributed by atoms with Gasteiger partial charge >= 0.3 is 0 Å². The van der Waals surface area contributed by atoms with Gasteiger partial charge in [0, 0.05) is 18.3 Å². The minimum absolute atomic E-state index is 0.00121. The molecule has 0 aliphatic heterocycles. The summed E-state index contributed by atoms with van der Waals surface area (Å²) in [4.78, 5) is 26.2. The highest BCUT2D eigenvalue weighted by molar-refractivity contribution is 6.02. The first kappa shape index (κ1) is 18.7. The molecule has 0 aromatic heterocycles. The first-order valence-electron chi connectivity index (χ1n) is 8.68. The molecule has 2 rings (SSSR count). The van der Waals surface area contributed by atoms with Crippen molar-refractivity contribution in [2.45, 2.75) is 40.0 Å². The molecule has 2 amide bonds. The number of nitrogens with zero attached hydrogens (tertiary/aromatic N) is 1. The van der Waals surface area contributed by atoms with E-state index < -0.39 is 0 Å². The number of anilines is 2. The van der Waals surface area contributed by atoms with Crippen LogP contribution in [-0.2, 0) is 16.0 Å². The summed E-state index contributed by atoms with van der Waals surface area (Å²) in [6.45, 7) is 7.70. The normalized spacial score (nSPS) is 10.6. The third kappa shape index (κ3) is 4.69. The Balaban J connectivity index is 2.21. The van der Waals surface area contributed by atoms with E-state index in [1.807, 2.05) is 55.5 Å². The second kappa shape index (κ2) is 8.47. The van der Waals surface area contributed by atoms with Crippen LogP contribution in [0.3, 0.4) is 0 Å². The number of aryl methyl sites for hydroxylation is 1. The molecular formula is C21H26N2O2. The number of carbonyl (C=O) groups is 2. The van der Waals surface area contributed by atoms with Gasteiger partial charge in [0.05, 0.1) is 0 Å². The Labute approximate surface area is 149 Å². The minimum atomic E-state index is -0.200. The molecular weight excluding hydrogens is 312 g/mol. The molecule has 0 spiro atoms. The van der Waals surface area contributed by atoms with Crippen LogP contribution in [0.4, 0.5) is 11.4 Å². The molecule has 4 heteroatoms. The molecule has 2 aromatic carbocycles. The topological polar surface area (TPSA) is 49.4 Å². The zero-order chi connectivity index (χ0) is 18.4. The summed E-state index contributed by atoms with van der Waals surface area (Å²) in [5, 5.41) is 2.95. The van der Waals surface area contributed by atoms with E-state index in [0.29, 0.717) is 5.92 Å². The summed E-state index contributed by atoms with van der Waals surface area (Å²) in [7, 11) is 0. The Morgan fingerprint density at radius 1 is 1.04 bits per heavy atom. The smallest absolute Gasteiger partial charge is 0.244 e. The van der Waals surface area contributed by atoms with Crippen molar-refractivity contribution in [3.05, 3.63) is 59.7 Å². The molecule has 0 atom stereocenters. The van der Waals surface area contributed by atoms with Crippen LogP contribution in [0.25, 0.3) is 0 Å². The fourth-order valence-corrected chi connectivity index (χ4v) is 2.89. The first-order valence-corrected chi connectivity index (χ1v) is 8.68. The molecule has 0 bridgehead atoms. The predicted octanol–water partition coefficient (Wildman–Crippen LogP) is 4.36. The van der Waals surface area contributed by atoms with Gasteiger partial charge in [-0.1, -0.05) is 57.2 Å². The molecule has 0 unspecified atom stereocenters. The second-order valence-electron chi connectivity index (χ2n) is 6.38. The largest absolute Gasteiger partial charge is 0.324 e. The van der Waals surface area contributed by atoms with E-state index in [0.717, 1.165) is 28.9 Å². The van der Waals surface area contributed by atoms with Gasteiger partial charge in [0.1, 0.15) is 6.54 Å². The third-order valence-corrected chi connectivity index (χ3v) is 4.20. The Morgan fingerprint density at radius 3 is 2.32 bits per heavy atom. The highest BCUT2D eigenvalue weighted by Crippen LogP contribution is 2.24. The number of rotatable bonds is 6. The molecule has 132 valence electrons. The zero-order valence-electron chi connectivity index (χ0n) is 15.4. The number of benzene rings is 2. The maximum atomic E-state index is 12.6. The Kier molecular flexibility index (Phi) is 6.34. The Bertz CT molecular complexity index is 753. The third-order valence-electron chi connectivity index (χ3n) is 4.20. The minimum Gasteiger partial charge on any atom is -0.324 e. The lowest BCUT2D eigenvalue weighted by Crippen LogP contribution is -2.37. The van der Waals surface area contributed by atoms with Gasteiger partial charge in [-0.3, -0.25) is 9.59 Å². The number of hydrogen-bond donors (Lipinski definition) is 1. The van der Waals surface area contributed by atoms with Crippen LogP contribution in [0.15, 0.2) is 48.5 Å². The van der Waals surface area contributed by atoms with E-state index in [2.05, 4.69) is 19.2 Å². The average Bonchev–Trinajstić information content (AvgIpc) is 2.59. The molecule has 0 saturated carbocycles. The summed E-state index contributed by atoms with van der Waals surface area (Å²) in [6.07, 6.45) is 0.803. The number of amides is 2. The Morgan fingerprint density at radius 2 is 1.68 bits per heavy atom. The van der Waals surface area contributed by atoms with Crippen LogP contribution < -0.4 is 10.2 Å². The molecule has 0 aliphatic carbocycles. The molecule has 0 radical (unpaired) electrons. The van der Waals surface area contributed by atoms with Gasteiger partial charge in [0.15, 0.2) is 0 Å². The molecule has 0 aliphatic rings. The van der Waals surface area contributed by atoms with Gasteiger partial charge in [-0.15, -0.1) is 0 Å². The first-order chi connectivity index (χ1) is 11.9. The summed E-state index contributed by atoms with van der Waals surface area (Å²) >= 11 is 0. The van der Waals surface area contributed by atoms with Gasteiger partial charge in [0.25, 0.3) is 0 Å². The molecule has 0 heterocycles. The summed E-state index contributed by atoms with van der Waals surface area (Å²) in [5.74, 6) is -0.0383. The van der Waals surface area contributed by atoms with Crippen molar-refractivity contribution in [2.24, 2.45) is 0 Å². The van der Waals surface area contributed by atoms with Gasteiger partial charge in [0.2, 0.25) is 11.8 Å². The van der Waals surface area contributed by atoms with Crippen LogP contribution in [-0.4, -0.2) is 18.4 Å². The molecule has 0 saturated heterocycles. The second-order valence-corrected chi connectivity index (χ2v) is 6.38. The molecule has 1 N–H and O–H groups in total. The van der Waals surface area contributed by atoms with E-state index >= 15 is 0 Å². The van der Waals surface area contributed by atoms with Crippen molar-refractivity contribution in [1.82, 2.24) is 0 Å². The highest BCUT2D eigenvalue weighted by Gasteiger charge is 2.19. The zero-order valence-corrected chi connectivity index (χ0v) is 15.4. The fourth-order valence-electron chi connectivity index (χ4n) is 2.89. The van der Waals surface area contributed by atoms with E-state index in [4.69, 9.17) is 0 Å². The SMILES string of the molecule is CCc1ccccc1N(CC(=O)Nc1ccccc1C(C)C)C(C)=O. The quantitative estimate of drug-likeness (QED) is 0.850. The van der Waals surface area contributed by atoms with Crippen LogP contribution in [0.1, 0.15) is 44.7 Å². The lowest BCUT2D eigenvalue weighted by molar-refractivity contribution is -0.120. The standard InChI is InChI=1S/C21H26N2O2/c1-5-17-10-6-9-13-20(17)23(16(4)24)14-21(25)22-19-12-8-7-11-18(19)15(2)3/h6-13,15H,5,14H2,1-4H3,(H,22,25). The van der Waals surface area contributed by atoms with Crippen LogP contribution in [0.5, 0.6) is 0 Å². The maximum Gasteiger partial charge on any atom is 0.244 e. The van der Waals surface area contributed by atoms with Crippen LogP contribution in [0, 0.1) is 0 Å². The lowest BCUT2D eigenvalue weighted by Gasteiger charge is -2.23. The molecule has 2 aromatic rings. The summed E-state index contributed by atoms with van der Waals surface area (Å²) < 4.78 is 0. The number of hydrogen-bond acceptors (Lipinski definition) is 2. The van der Waals surface area contributed by atoms with Crippen molar-refractivity contribution in [3.8, 4) is 0 Å². The van der Waals surface area contributed by atoms with Gasteiger partial charge in [-0.25, -0.2) is 0 Å². The van der Waals surface area contributed by atoms with Crippen molar-refractivity contribution in [2.75, 3.05) is 16.8 Å². The number of para-hydroxylation sites is 2. The van der Waals surface area contributed by atoms with Gasteiger partial charge in [-0.05, 0) is 35.6 Å². The molecule has 0 fully saturated rings. The fraction of sp³-hybridized carbons (Fsp3) is 0.333. The average molecular weight is 338 g/mol. The van der Waals surface area contributed by atoms with Crippen LogP contribution in [0.2, 0.25) is 0 Å². The Hall–Kier alpha value is -2.62. The van der Waals surface area contributed by atoms with Gasteiger partial charge < -0.3 is 10.2 Å². The van der Waals surface area contributed by atoms with Crippen molar-refractivity contribution >= 4 is 23.2 Å². The van der Waals surface area contributed by atoms with E-state index in [1.165, 1.54) is 11.8 Å². The summed E-state index contributed by atoms with van der Waals surface area (Å²) in [6, 6.07) is 15.5. The number of carbonyl (C=O) groups excluding carboxylic acids is 2. The highest BCUT2D eigenvalue weighted by atomic mass is 16.2. The van der Waals surface area contributed by atoms with Crippen LogP contribution >= 0.6 is 0 Å². The monoisotopic (exact) mass is 338 g/mol. The number of nitrogens with one attached hydrogen (secondary N) is 1.